The molecule has 1 aliphatic heterocycles. The summed E-state index contributed by atoms with van der Waals surface area (Å²) in [6.45, 7) is 3.50. The average Bonchev–Trinajstić information content (AvgIpc) is 3.20. The maximum atomic E-state index is 13.3. The molecule has 0 amide bonds. The molecular formula is C22H22F3N3OS. The molecule has 1 aromatic heterocycles. The van der Waals surface area contributed by atoms with Gasteiger partial charge in [0.1, 0.15) is 0 Å². The lowest BCUT2D eigenvalue weighted by Gasteiger charge is -2.27. The molecule has 1 atom stereocenters. The molecule has 0 saturated carbocycles. The van der Waals surface area contributed by atoms with E-state index in [1.54, 1.807) is 36.4 Å². The number of aromatic nitrogens is 2. The molecule has 2 heterocycles. The topological polar surface area (TPSA) is 44.1 Å². The van der Waals surface area contributed by atoms with E-state index in [4.69, 9.17) is 0 Å². The molecule has 0 N–H and O–H groups in total. The van der Waals surface area contributed by atoms with Gasteiger partial charge in [-0.1, -0.05) is 36.2 Å². The van der Waals surface area contributed by atoms with Crippen molar-refractivity contribution in [3.63, 3.8) is 0 Å². The Morgan fingerprint density at radius 3 is 2.17 bits per heavy atom. The lowest BCUT2D eigenvalue weighted by molar-refractivity contribution is -0.141. The minimum atomic E-state index is -4.54. The Hall–Kier alpha value is -2.29. The SMILES string of the molecule is Cc1ccc(-c2cc(C(F)(F)F)nn2-c2ccc([S@@+]([O-])N3CCCCC3)cc2)cc1. The first-order valence-corrected chi connectivity index (χ1v) is 11.0. The average molecular weight is 433 g/mol. The summed E-state index contributed by atoms with van der Waals surface area (Å²) in [4.78, 5) is 0.640. The van der Waals surface area contributed by atoms with Gasteiger partial charge < -0.3 is 4.55 Å². The van der Waals surface area contributed by atoms with E-state index in [2.05, 4.69) is 5.10 Å². The predicted molar refractivity (Wildman–Crippen MR) is 111 cm³/mol. The number of hydrogen-bond acceptors (Lipinski definition) is 3. The third-order valence-corrected chi connectivity index (χ3v) is 6.69. The second-order valence-corrected chi connectivity index (χ2v) is 8.91. The fourth-order valence-electron chi connectivity index (χ4n) is 3.53. The smallest absolute Gasteiger partial charge is 0.435 e. The van der Waals surface area contributed by atoms with E-state index in [-0.39, 0.29) is 0 Å². The van der Waals surface area contributed by atoms with E-state index in [1.807, 2.05) is 23.4 Å². The van der Waals surface area contributed by atoms with Crippen LogP contribution in [0.4, 0.5) is 13.2 Å². The summed E-state index contributed by atoms with van der Waals surface area (Å²) >= 11 is -1.26. The van der Waals surface area contributed by atoms with E-state index in [0.29, 0.717) is 21.8 Å². The third-order valence-electron chi connectivity index (χ3n) is 5.18. The number of nitrogens with zero attached hydrogens (tertiary/aromatic N) is 3. The number of rotatable bonds is 4. The fraction of sp³-hybridized carbons (Fsp3) is 0.318. The van der Waals surface area contributed by atoms with Gasteiger partial charge in [-0.3, -0.25) is 0 Å². The largest absolute Gasteiger partial charge is 0.593 e. The molecule has 4 nitrogen and oxygen atoms in total. The van der Waals surface area contributed by atoms with Crippen molar-refractivity contribution in [1.82, 2.24) is 14.1 Å². The van der Waals surface area contributed by atoms with Gasteiger partial charge in [-0.25, -0.2) is 4.68 Å². The summed E-state index contributed by atoms with van der Waals surface area (Å²) in [6, 6.07) is 15.1. The lowest BCUT2D eigenvalue weighted by Crippen LogP contribution is -2.35. The molecule has 3 aromatic rings. The Morgan fingerprint density at radius 1 is 0.933 bits per heavy atom. The first-order valence-electron chi connectivity index (χ1n) is 9.84. The van der Waals surface area contributed by atoms with Crippen LogP contribution in [0.5, 0.6) is 0 Å². The minimum absolute atomic E-state index is 0.354. The molecule has 1 fully saturated rings. The Bertz CT molecular complexity index is 994. The second kappa shape index (κ2) is 8.45. The van der Waals surface area contributed by atoms with Gasteiger partial charge in [-0.05, 0) is 50.1 Å². The maximum absolute atomic E-state index is 13.3. The van der Waals surface area contributed by atoms with Crippen LogP contribution in [0, 0.1) is 6.92 Å². The van der Waals surface area contributed by atoms with Crippen LogP contribution in [-0.2, 0) is 17.5 Å². The minimum Gasteiger partial charge on any atom is -0.593 e. The number of halogens is 3. The van der Waals surface area contributed by atoms with Crippen LogP contribution in [-0.4, -0.2) is 31.7 Å². The number of benzene rings is 2. The zero-order chi connectivity index (χ0) is 21.3. The first kappa shape index (κ1) is 21.0. The van der Waals surface area contributed by atoms with E-state index in [9.17, 15) is 17.7 Å². The van der Waals surface area contributed by atoms with Crippen LogP contribution in [0.15, 0.2) is 59.5 Å². The van der Waals surface area contributed by atoms with Crippen molar-refractivity contribution < 1.29 is 17.7 Å². The molecule has 8 heteroatoms. The van der Waals surface area contributed by atoms with Crippen molar-refractivity contribution in [3.05, 3.63) is 65.9 Å². The van der Waals surface area contributed by atoms with Crippen molar-refractivity contribution >= 4 is 11.4 Å². The van der Waals surface area contributed by atoms with E-state index in [1.165, 1.54) is 4.68 Å². The van der Waals surface area contributed by atoms with Crippen LogP contribution < -0.4 is 0 Å². The molecule has 0 unspecified atom stereocenters. The van der Waals surface area contributed by atoms with Crippen LogP contribution in [0.1, 0.15) is 30.5 Å². The van der Waals surface area contributed by atoms with Crippen molar-refractivity contribution in [2.24, 2.45) is 0 Å². The summed E-state index contributed by atoms with van der Waals surface area (Å²) < 4.78 is 56.0. The van der Waals surface area contributed by atoms with Crippen molar-refractivity contribution in [2.45, 2.75) is 37.3 Å². The van der Waals surface area contributed by atoms with Crippen LogP contribution >= 0.6 is 0 Å². The van der Waals surface area contributed by atoms with Crippen molar-refractivity contribution in [3.8, 4) is 16.9 Å². The molecule has 1 saturated heterocycles. The molecule has 30 heavy (non-hydrogen) atoms. The summed E-state index contributed by atoms with van der Waals surface area (Å²) in [6.07, 6.45) is -1.34. The van der Waals surface area contributed by atoms with E-state index in [0.717, 1.165) is 44.0 Å². The third kappa shape index (κ3) is 4.40. The number of piperidine rings is 1. The Kier molecular flexibility index (Phi) is 5.90. The molecule has 2 aromatic carbocycles. The number of aryl methyl sites for hydroxylation is 1. The molecule has 0 bridgehead atoms. The Balaban J connectivity index is 1.68. The van der Waals surface area contributed by atoms with E-state index >= 15 is 0 Å². The van der Waals surface area contributed by atoms with Gasteiger partial charge in [-0.15, -0.1) is 4.31 Å². The van der Waals surface area contributed by atoms with Crippen molar-refractivity contribution in [2.75, 3.05) is 13.1 Å². The molecule has 158 valence electrons. The van der Waals surface area contributed by atoms with Gasteiger partial charge in [0, 0.05) is 18.7 Å². The lowest BCUT2D eigenvalue weighted by atomic mass is 10.1. The van der Waals surface area contributed by atoms with Gasteiger partial charge >= 0.3 is 6.18 Å². The second-order valence-electron chi connectivity index (χ2n) is 7.42. The standard InChI is InChI=1S/C22H22F3N3OS/c1-16-5-7-17(8-6-16)20-15-21(22(23,24)25)26-28(20)18-9-11-19(12-10-18)30(29)27-13-3-2-4-14-27/h5-12,15H,2-4,13-14H2,1H3/t30-/m1/s1. The quantitative estimate of drug-likeness (QED) is 0.519. The zero-order valence-electron chi connectivity index (χ0n) is 16.5. The van der Waals surface area contributed by atoms with E-state index < -0.39 is 23.2 Å². The number of alkyl halides is 3. The fourth-order valence-corrected chi connectivity index (χ4v) is 4.79. The molecule has 1 aliphatic rings. The molecular weight excluding hydrogens is 411 g/mol. The predicted octanol–water partition coefficient (Wildman–Crippen LogP) is 5.38. The summed E-state index contributed by atoms with van der Waals surface area (Å²) in [5, 5.41) is 3.82. The highest BCUT2D eigenvalue weighted by molar-refractivity contribution is 7.89. The van der Waals surface area contributed by atoms with Gasteiger partial charge in [-0.2, -0.15) is 18.3 Å². The number of hydrogen-bond donors (Lipinski definition) is 0. The first-order chi connectivity index (χ1) is 14.3. The summed E-state index contributed by atoms with van der Waals surface area (Å²) in [7, 11) is 0. The maximum Gasteiger partial charge on any atom is 0.435 e. The Morgan fingerprint density at radius 2 is 1.57 bits per heavy atom. The molecule has 0 spiro atoms. The zero-order valence-corrected chi connectivity index (χ0v) is 17.3. The summed E-state index contributed by atoms with van der Waals surface area (Å²) in [5.74, 6) is 0. The van der Waals surface area contributed by atoms with Crippen LogP contribution in [0.25, 0.3) is 16.9 Å². The molecule has 4 rings (SSSR count). The van der Waals surface area contributed by atoms with Crippen molar-refractivity contribution in [1.29, 1.82) is 0 Å². The highest BCUT2D eigenvalue weighted by Crippen LogP contribution is 2.33. The molecule has 0 aliphatic carbocycles. The normalized spacial score (nSPS) is 16.6. The molecule has 0 radical (unpaired) electrons. The van der Waals surface area contributed by atoms with Crippen LogP contribution in [0.2, 0.25) is 0 Å². The highest BCUT2D eigenvalue weighted by atomic mass is 32.2. The van der Waals surface area contributed by atoms with Gasteiger partial charge in [0.25, 0.3) is 0 Å². The van der Waals surface area contributed by atoms with Gasteiger partial charge in [0.2, 0.25) is 0 Å². The monoisotopic (exact) mass is 433 g/mol. The highest BCUT2D eigenvalue weighted by Gasteiger charge is 2.35. The Labute approximate surface area is 176 Å². The summed E-state index contributed by atoms with van der Waals surface area (Å²) in [5.41, 5.74) is 1.56. The van der Waals surface area contributed by atoms with Crippen LogP contribution in [0.3, 0.4) is 0 Å². The van der Waals surface area contributed by atoms with Gasteiger partial charge in [0.05, 0.1) is 22.7 Å². The van der Waals surface area contributed by atoms with Gasteiger partial charge in [0.15, 0.2) is 10.6 Å².